The van der Waals surface area contributed by atoms with E-state index < -0.39 is 5.97 Å². The van der Waals surface area contributed by atoms with Crippen LogP contribution in [0, 0.1) is 0 Å². The number of esters is 1. The fraction of sp³-hybridized carbons (Fsp3) is 0.750. The van der Waals surface area contributed by atoms with Gasteiger partial charge in [-0.2, -0.15) is 0 Å². The molecule has 0 aliphatic rings. The van der Waals surface area contributed by atoms with Crippen molar-refractivity contribution in [3.05, 3.63) is 0 Å². The topological polar surface area (TPSA) is 46.6 Å². The summed E-state index contributed by atoms with van der Waals surface area (Å²) in [6.07, 6.45) is 0.298. The van der Waals surface area contributed by atoms with Gasteiger partial charge in [0.1, 0.15) is 12.2 Å². The highest BCUT2D eigenvalue weighted by Gasteiger charge is 2.08. The molecule has 0 saturated heterocycles. The highest BCUT2D eigenvalue weighted by atomic mass is 16.5. The predicted molar refractivity (Wildman–Crippen MR) is 44.8 cm³/mol. The third kappa shape index (κ3) is 5.85. The summed E-state index contributed by atoms with van der Waals surface area (Å²) in [7, 11) is 5.04. The van der Waals surface area contributed by atoms with E-state index in [0.717, 1.165) is 0 Å². The zero-order valence-corrected chi connectivity index (χ0v) is 7.79. The van der Waals surface area contributed by atoms with Gasteiger partial charge in [0.05, 0.1) is 7.11 Å². The SMILES string of the molecule is COC(=O)CC(=O)CCN(C)C. The van der Waals surface area contributed by atoms with Crippen LogP contribution in [0.4, 0.5) is 0 Å². The number of ketones is 1. The molecule has 0 aliphatic carbocycles. The van der Waals surface area contributed by atoms with Crippen molar-refractivity contribution in [2.75, 3.05) is 27.7 Å². The molecule has 0 aliphatic heterocycles. The molecule has 0 fully saturated rings. The molecule has 0 bridgehead atoms. The Morgan fingerprint density at radius 2 is 1.92 bits per heavy atom. The average molecular weight is 173 g/mol. The predicted octanol–water partition coefficient (Wildman–Crippen LogP) is 0.0703. The van der Waals surface area contributed by atoms with Crippen LogP contribution in [0.15, 0.2) is 0 Å². The number of hydrogen-bond donors (Lipinski definition) is 0. The summed E-state index contributed by atoms with van der Waals surface area (Å²) in [4.78, 5) is 23.5. The molecule has 0 unspecified atom stereocenters. The van der Waals surface area contributed by atoms with Crippen molar-refractivity contribution in [2.24, 2.45) is 0 Å². The van der Waals surface area contributed by atoms with E-state index in [-0.39, 0.29) is 12.2 Å². The zero-order valence-electron chi connectivity index (χ0n) is 7.79. The number of methoxy groups -OCH3 is 1. The van der Waals surface area contributed by atoms with Gasteiger partial charge in [0.25, 0.3) is 0 Å². The summed E-state index contributed by atoms with van der Waals surface area (Å²) in [5.41, 5.74) is 0. The summed E-state index contributed by atoms with van der Waals surface area (Å²) in [5.74, 6) is -0.533. The number of carbonyl (C=O) groups excluding carboxylic acids is 2. The summed E-state index contributed by atoms with van der Waals surface area (Å²) >= 11 is 0. The van der Waals surface area contributed by atoms with Gasteiger partial charge in [0.15, 0.2) is 0 Å². The van der Waals surface area contributed by atoms with E-state index in [9.17, 15) is 9.59 Å². The summed E-state index contributed by atoms with van der Waals surface area (Å²) in [6, 6.07) is 0. The molecule has 0 rings (SSSR count). The van der Waals surface area contributed by atoms with Crippen LogP contribution in [-0.2, 0) is 14.3 Å². The van der Waals surface area contributed by atoms with Gasteiger partial charge in [-0.15, -0.1) is 0 Å². The Balaban J connectivity index is 3.53. The maximum atomic E-state index is 11.0. The van der Waals surface area contributed by atoms with E-state index in [1.807, 2.05) is 19.0 Å². The lowest BCUT2D eigenvalue weighted by atomic mass is 10.2. The second kappa shape index (κ2) is 5.71. The summed E-state index contributed by atoms with van der Waals surface area (Å²) < 4.78 is 4.35. The number of rotatable bonds is 5. The van der Waals surface area contributed by atoms with Crippen LogP contribution >= 0.6 is 0 Å². The van der Waals surface area contributed by atoms with Gasteiger partial charge in [0.2, 0.25) is 0 Å². The minimum atomic E-state index is -0.459. The van der Waals surface area contributed by atoms with Crippen molar-refractivity contribution < 1.29 is 14.3 Å². The third-order valence-corrected chi connectivity index (χ3v) is 1.41. The van der Waals surface area contributed by atoms with E-state index in [0.29, 0.717) is 13.0 Å². The molecule has 0 aromatic carbocycles. The molecule has 0 N–H and O–H groups in total. The Morgan fingerprint density at radius 3 is 2.33 bits per heavy atom. The quantitative estimate of drug-likeness (QED) is 0.436. The van der Waals surface area contributed by atoms with Crippen molar-refractivity contribution in [2.45, 2.75) is 12.8 Å². The van der Waals surface area contributed by atoms with Gasteiger partial charge in [-0.05, 0) is 14.1 Å². The van der Waals surface area contributed by atoms with E-state index in [1.165, 1.54) is 7.11 Å². The first-order chi connectivity index (χ1) is 5.56. The molecule has 0 spiro atoms. The Labute approximate surface area is 72.5 Å². The van der Waals surface area contributed by atoms with Gasteiger partial charge in [0, 0.05) is 13.0 Å². The lowest BCUT2D eigenvalue weighted by Gasteiger charge is -2.07. The fourth-order valence-electron chi connectivity index (χ4n) is 0.670. The minimum Gasteiger partial charge on any atom is -0.469 e. The van der Waals surface area contributed by atoms with Crippen molar-refractivity contribution in [3.8, 4) is 0 Å². The summed E-state index contributed by atoms with van der Waals surface area (Å²) in [6.45, 7) is 0.676. The van der Waals surface area contributed by atoms with Gasteiger partial charge in [-0.3, -0.25) is 9.59 Å². The molecule has 0 aromatic heterocycles. The molecule has 0 radical (unpaired) electrons. The molecule has 0 amide bonds. The molecule has 4 nitrogen and oxygen atoms in total. The van der Waals surface area contributed by atoms with Crippen molar-refractivity contribution >= 4 is 11.8 Å². The zero-order chi connectivity index (χ0) is 9.56. The number of Topliss-reactive ketones (excluding diaryl/α,β-unsaturated/α-hetero) is 1. The van der Waals surface area contributed by atoms with Crippen LogP contribution in [0.1, 0.15) is 12.8 Å². The molecule has 4 heteroatoms. The highest BCUT2D eigenvalue weighted by molar-refractivity contribution is 5.95. The number of ether oxygens (including phenoxy) is 1. The third-order valence-electron chi connectivity index (χ3n) is 1.41. The molecule has 0 atom stereocenters. The first-order valence-electron chi connectivity index (χ1n) is 3.79. The number of nitrogens with zero attached hydrogens (tertiary/aromatic N) is 1. The fourth-order valence-corrected chi connectivity index (χ4v) is 0.670. The van der Waals surface area contributed by atoms with E-state index in [1.54, 1.807) is 0 Å². The molecular weight excluding hydrogens is 158 g/mol. The number of hydrogen-bond acceptors (Lipinski definition) is 4. The van der Waals surface area contributed by atoms with Crippen molar-refractivity contribution in [1.82, 2.24) is 4.90 Å². The Kier molecular flexibility index (Phi) is 5.28. The van der Waals surface area contributed by atoms with Gasteiger partial charge < -0.3 is 9.64 Å². The smallest absolute Gasteiger partial charge is 0.313 e. The molecule has 12 heavy (non-hydrogen) atoms. The lowest BCUT2D eigenvalue weighted by molar-refractivity contribution is -0.143. The van der Waals surface area contributed by atoms with Gasteiger partial charge in [-0.1, -0.05) is 0 Å². The number of carbonyl (C=O) groups is 2. The maximum Gasteiger partial charge on any atom is 0.313 e. The average Bonchev–Trinajstić information content (AvgIpc) is 2.00. The van der Waals surface area contributed by atoms with E-state index in [2.05, 4.69) is 4.74 Å². The minimum absolute atomic E-state index is 0.0736. The monoisotopic (exact) mass is 173 g/mol. The van der Waals surface area contributed by atoms with Gasteiger partial charge >= 0.3 is 5.97 Å². The Bertz CT molecular complexity index is 166. The van der Waals surface area contributed by atoms with Crippen LogP contribution in [0.2, 0.25) is 0 Å². The molecule has 0 heterocycles. The second-order valence-electron chi connectivity index (χ2n) is 2.84. The lowest BCUT2D eigenvalue weighted by Crippen LogP contribution is -2.18. The molecule has 0 aromatic rings. The van der Waals surface area contributed by atoms with Crippen molar-refractivity contribution in [3.63, 3.8) is 0 Å². The highest BCUT2D eigenvalue weighted by Crippen LogP contribution is 1.93. The molecule has 70 valence electrons. The molecular formula is C8H15NO3. The van der Waals surface area contributed by atoms with Crippen LogP contribution in [0.5, 0.6) is 0 Å². The first kappa shape index (κ1) is 11.1. The van der Waals surface area contributed by atoms with Crippen molar-refractivity contribution in [1.29, 1.82) is 0 Å². The van der Waals surface area contributed by atoms with Gasteiger partial charge in [-0.25, -0.2) is 0 Å². The first-order valence-corrected chi connectivity index (χ1v) is 3.79. The van der Waals surface area contributed by atoms with Crippen LogP contribution in [0.25, 0.3) is 0 Å². The Hall–Kier alpha value is -0.900. The maximum absolute atomic E-state index is 11.0. The largest absolute Gasteiger partial charge is 0.469 e. The van der Waals surface area contributed by atoms with Crippen LogP contribution in [0.3, 0.4) is 0 Å². The van der Waals surface area contributed by atoms with E-state index in [4.69, 9.17) is 0 Å². The van der Waals surface area contributed by atoms with E-state index >= 15 is 0 Å². The normalized spacial score (nSPS) is 10.0. The summed E-state index contributed by atoms with van der Waals surface area (Å²) in [5, 5.41) is 0. The second-order valence-corrected chi connectivity index (χ2v) is 2.84. The van der Waals surface area contributed by atoms with Crippen LogP contribution in [-0.4, -0.2) is 44.4 Å². The standard InChI is InChI=1S/C8H15NO3/c1-9(2)5-4-7(10)6-8(11)12-3/h4-6H2,1-3H3. The van der Waals surface area contributed by atoms with Crippen LogP contribution < -0.4 is 0 Å². The molecule has 0 saturated carbocycles. The Morgan fingerprint density at radius 1 is 1.33 bits per heavy atom.